The fourth-order valence-electron chi connectivity index (χ4n) is 2.77. The number of hydrogen-bond acceptors (Lipinski definition) is 2. The Balaban J connectivity index is 1.96. The number of nitrogens with one attached hydrogen (secondary N) is 1. The predicted octanol–water partition coefficient (Wildman–Crippen LogP) is 3.13. The van der Waals surface area contributed by atoms with Gasteiger partial charge >= 0.3 is 6.03 Å². The van der Waals surface area contributed by atoms with Crippen LogP contribution in [0.2, 0.25) is 0 Å². The number of carbonyl (C=O) groups excluding carboxylic acids is 1. The Kier molecular flexibility index (Phi) is 5.27. The number of nitrogens with zero attached hydrogens (tertiary/aromatic N) is 1. The first-order chi connectivity index (χ1) is 9.69. The lowest BCUT2D eigenvalue weighted by atomic mass is 10.2. The van der Waals surface area contributed by atoms with Crippen molar-refractivity contribution < 1.29 is 4.79 Å². The molecule has 110 valence electrons. The minimum absolute atomic E-state index is 0.0566. The summed E-state index contributed by atoms with van der Waals surface area (Å²) in [6, 6.07) is 8.17. The van der Waals surface area contributed by atoms with Gasteiger partial charge in [0.05, 0.1) is 0 Å². The molecule has 4 nitrogen and oxygen atoms in total. The van der Waals surface area contributed by atoms with E-state index in [-0.39, 0.29) is 6.03 Å². The zero-order valence-corrected chi connectivity index (χ0v) is 12.3. The van der Waals surface area contributed by atoms with E-state index in [2.05, 4.69) is 12.2 Å². The molecule has 0 unspecified atom stereocenters. The van der Waals surface area contributed by atoms with Crippen LogP contribution in [-0.4, -0.2) is 23.5 Å². The molecule has 2 rings (SSSR count). The molecule has 3 N–H and O–H groups in total. The maximum Gasteiger partial charge on any atom is 0.317 e. The van der Waals surface area contributed by atoms with Gasteiger partial charge in [0, 0.05) is 24.8 Å². The van der Waals surface area contributed by atoms with Gasteiger partial charge in [-0.1, -0.05) is 31.9 Å². The van der Waals surface area contributed by atoms with Gasteiger partial charge in [0.2, 0.25) is 0 Å². The minimum atomic E-state index is 0.0566. The molecular weight excluding hydrogens is 250 g/mol. The maximum atomic E-state index is 12.4. The summed E-state index contributed by atoms with van der Waals surface area (Å²) in [4.78, 5) is 14.2. The number of amides is 2. The van der Waals surface area contributed by atoms with Crippen LogP contribution >= 0.6 is 0 Å². The summed E-state index contributed by atoms with van der Waals surface area (Å²) in [6.45, 7) is 3.49. The highest BCUT2D eigenvalue weighted by Crippen LogP contribution is 2.18. The fourth-order valence-corrected chi connectivity index (χ4v) is 2.77. The Morgan fingerprint density at radius 1 is 1.40 bits per heavy atom. The Morgan fingerprint density at radius 3 is 2.80 bits per heavy atom. The van der Waals surface area contributed by atoms with Crippen LogP contribution in [0.15, 0.2) is 24.3 Å². The highest BCUT2D eigenvalue weighted by molar-refractivity contribution is 5.74. The summed E-state index contributed by atoms with van der Waals surface area (Å²) in [5.41, 5.74) is 7.63. The summed E-state index contributed by atoms with van der Waals surface area (Å²) < 4.78 is 0. The van der Waals surface area contributed by atoms with Crippen LogP contribution in [0.4, 0.5) is 10.5 Å². The molecule has 0 saturated heterocycles. The van der Waals surface area contributed by atoms with E-state index >= 15 is 0 Å². The third-order valence-electron chi connectivity index (χ3n) is 3.79. The van der Waals surface area contributed by atoms with Crippen molar-refractivity contribution in [1.29, 1.82) is 0 Å². The number of rotatable bonds is 5. The molecule has 1 fully saturated rings. The van der Waals surface area contributed by atoms with Gasteiger partial charge in [-0.25, -0.2) is 4.79 Å². The van der Waals surface area contributed by atoms with Crippen LogP contribution in [-0.2, 0) is 6.54 Å². The van der Waals surface area contributed by atoms with E-state index < -0.39 is 0 Å². The largest absolute Gasteiger partial charge is 0.399 e. The first kappa shape index (κ1) is 14.7. The lowest BCUT2D eigenvalue weighted by Gasteiger charge is -2.25. The molecule has 20 heavy (non-hydrogen) atoms. The third kappa shape index (κ3) is 4.15. The van der Waals surface area contributed by atoms with E-state index in [1.165, 1.54) is 12.8 Å². The number of nitrogen functional groups attached to an aromatic ring is 1. The second kappa shape index (κ2) is 7.17. The topological polar surface area (TPSA) is 58.4 Å². The van der Waals surface area contributed by atoms with Gasteiger partial charge in [-0.3, -0.25) is 0 Å². The molecule has 1 aliphatic rings. The molecule has 1 aromatic rings. The van der Waals surface area contributed by atoms with Crippen molar-refractivity contribution in [3.05, 3.63) is 29.8 Å². The van der Waals surface area contributed by atoms with Crippen molar-refractivity contribution >= 4 is 11.7 Å². The van der Waals surface area contributed by atoms with Crippen molar-refractivity contribution in [2.24, 2.45) is 0 Å². The number of carbonyl (C=O) groups is 1. The van der Waals surface area contributed by atoms with Crippen LogP contribution in [0.25, 0.3) is 0 Å². The van der Waals surface area contributed by atoms with Crippen molar-refractivity contribution in [2.45, 2.75) is 51.6 Å². The Hall–Kier alpha value is -1.71. The van der Waals surface area contributed by atoms with Crippen LogP contribution in [0.3, 0.4) is 0 Å². The molecule has 0 radical (unpaired) electrons. The van der Waals surface area contributed by atoms with E-state index in [4.69, 9.17) is 5.73 Å². The number of hydrogen-bond donors (Lipinski definition) is 2. The second-order valence-corrected chi connectivity index (χ2v) is 5.60. The zero-order chi connectivity index (χ0) is 14.4. The van der Waals surface area contributed by atoms with E-state index in [9.17, 15) is 4.79 Å². The van der Waals surface area contributed by atoms with Gasteiger partial charge in [0.1, 0.15) is 0 Å². The molecule has 0 heterocycles. The minimum Gasteiger partial charge on any atom is -0.399 e. The summed E-state index contributed by atoms with van der Waals surface area (Å²) in [6.07, 6.45) is 5.65. The first-order valence-corrected chi connectivity index (χ1v) is 7.59. The molecular formula is C16H25N3O. The summed E-state index contributed by atoms with van der Waals surface area (Å²) in [5, 5.41) is 3.15. The lowest BCUT2D eigenvalue weighted by Crippen LogP contribution is -2.43. The molecule has 4 heteroatoms. The highest BCUT2D eigenvalue weighted by Gasteiger charge is 2.20. The van der Waals surface area contributed by atoms with Crippen LogP contribution in [0.5, 0.6) is 0 Å². The molecule has 0 atom stereocenters. The van der Waals surface area contributed by atoms with Gasteiger partial charge in [0.15, 0.2) is 0 Å². The Labute approximate surface area is 121 Å². The SMILES string of the molecule is CCCN(Cc1cccc(N)c1)C(=O)NC1CCCC1. The number of nitrogens with two attached hydrogens (primary N) is 1. The average Bonchev–Trinajstić information content (AvgIpc) is 2.91. The fraction of sp³-hybridized carbons (Fsp3) is 0.562. The molecule has 0 aliphatic heterocycles. The molecule has 0 spiro atoms. The van der Waals surface area contributed by atoms with E-state index in [1.54, 1.807) is 0 Å². The van der Waals surface area contributed by atoms with Crippen LogP contribution in [0, 0.1) is 0 Å². The molecule has 2 amide bonds. The van der Waals surface area contributed by atoms with Gasteiger partial charge in [0.25, 0.3) is 0 Å². The van der Waals surface area contributed by atoms with Crippen molar-refractivity contribution in [3.63, 3.8) is 0 Å². The molecule has 1 aliphatic carbocycles. The summed E-state index contributed by atoms with van der Waals surface area (Å²) >= 11 is 0. The normalized spacial score (nSPS) is 15.2. The number of urea groups is 1. The monoisotopic (exact) mass is 275 g/mol. The van der Waals surface area contributed by atoms with Crippen molar-refractivity contribution in [1.82, 2.24) is 10.2 Å². The maximum absolute atomic E-state index is 12.4. The van der Waals surface area contributed by atoms with E-state index in [1.807, 2.05) is 29.2 Å². The quantitative estimate of drug-likeness (QED) is 0.811. The van der Waals surface area contributed by atoms with Crippen molar-refractivity contribution in [3.8, 4) is 0 Å². The van der Waals surface area contributed by atoms with Crippen molar-refractivity contribution in [2.75, 3.05) is 12.3 Å². The van der Waals surface area contributed by atoms with Gasteiger partial charge in [-0.2, -0.15) is 0 Å². The summed E-state index contributed by atoms with van der Waals surface area (Å²) in [7, 11) is 0. The molecule has 0 aromatic heterocycles. The van der Waals surface area contributed by atoms with Gasteiger partial charge in [-0.15, -0.1) is 0 Å². The lowest BCUT2D eigenvalue weighted by molar-refractivity contribution is 0.191. The Morgan fingerprint density at radius 2 is 2.15 bits per heavy atom. The third-order valence-corrected chi connectivity index (χ3v) is 3.79. The standard InChI is InChI=1S/C16H25N3O/c1-2-10-19(12-13-6-5-7-14(17)11-13)16(20)18-15-8-3-4-9-15/h5-7,11,15H,2-4,8-10,12,17H2,1H3,(H,18,20). The molecule has 0 bridgehead atoms. The zero-order valence-electron chi connectivity index (χ0n) is 12.3. The second-order valence-electron chi connectivity index (χ2n) is 5.60. The highest BCUT2D eigenvalue weighted by atomic mass is 16.2. The van der Waals surface area contributed by atoms with Gasteiger partial charge in [-0.05, 0) is 37.0 Å². The smallest absolute Gasteiger partial charge is 0.317 e. The predicted molar refractivity (Wildman–Crippen MR) is 82.3 cm³/mol. The number of anilines is 1. The van der Waals surface area contributed by atoms with E-state index in [0.717, 1.165) is 37.1 Å². The first-order valence-electron chi connectivity index (χ1n) is 7.59. The molecule has 1 saturated carbocycles. The summed E-state index contributed by atoms with van der Waals surface area (Å²) in [5.74, 6) is 0. The number of benzene rings is 1. The van der Waals surface area contributed by atoms with Gasteiger partial charge < -0.3 is 16.0 Å². The average molecular weight is 275 g/mol. The van der Waals surface area contributed by atoms with E-state index in [0.29, 0.717) is 12.6 Å². The van der Waals surface area contributed by atoms with Crippen LogP contribution in [0.1, 0.15) is 44.6 Å². The molecule has 1 aromatic carbocycles. The van der Waals surface area contributed by atoms with Crippen LogP contribution < -0.4 is 11.1 Å². The Bertz CT molecular complexity index is 441.